The fourth-order valence-electron chi connectivity index (χ4n) is 6.01. The molecule has 0 rings (SSSR count). The summed E-state index contributed by atoms with van der Waals surface area (Å²) in [4.78, 5) is 23.6. The number of ether oxygens (including phenoxy) is 7. The predicted octanol–water partition coefficient (Wildman–Crippen LogP) is 11.5. The molecule has 0 spiro atoms. The Balaban J connectivity index is 0. The van der Waals surface area contributed by atoms with Crippen molar-refractivity contribution in [2.24, 2.45) is 0 Å². The first-order chi connectivity index (χ1) is 29.0. The van der Waals surface area contributed by atoms with Gasteiger partial charge in [-0.25, -0.2) is 9.59 Å². The third-order valence-electron chi connectivity index (χ3n) is 10.1. The molecule has 0 saturated carbocycles. The van der Waals surface area contributed by atoms with Crippen LogP contribution in [-0.4, -0.2) is 115 Å². The molecule has 0 aromatic heterocycles. The third-order valence-corrected chi connectivity index (χ3v) is 10.1. The lowest BCUT2D eigenvalue weighted by Gasteiger charge is -2.30. The second-order valence-corrected chi connectivity index (χ2v) is 17.3. The van der Waals surface area contributed by atoms with Crippen LogP contribution in [0.4, 0.5) is 9.59 Å². The minimum atomic E-state index is -0.632. The Hall–Kier alpha value is -1.70. The van der Waals surface area contributed by atoms with Crippen LogP contribution < -0.4 is 10.6 Å². The van der Waals surface area contributed by atoms with Crippen LogP contribution in [0.3, 0.4) is 0 Å². The van der Waals surface area contributed by atoms with E-state index in [2.05, 4.69) is 24.5 Å². The molecule has 3 N–H and O–H groups in total. The maximum Gasteiger partial charge on any atom is 0.407 e. The average Bonchev–Trinajstić information content (AvgIpc) is 3.23. The van der Waals surface area contributed by atoms with Crippen LogP contribution >= 0.6 is 0 Å². The lowest BCUT2D eigenvalue weighted by atomic mass is 10.1. The van der Waals surface area contributed by atoms with E-state index in [0.29, 0.717) is 72.4 Å². The summed E-state index contributed by atoms with van der Waals surface area (Å²) in [7, 11) is 1.63. The molecule has 12 heteroatoms. The van der Waals surface area contributed by atoms with Crippen molar-refractivity contribution in [3.05, 3.63) is 0 Å². The van der Waals surface area contributed by atoms with Crippen molar-refractivity contribution in [3.63, 3.8) is 0 Å². The standard InChI is InChI=1S/C34H68N2O9.C14H30O/c1-7-8-9-10-11-12-13-14-15-16-17-18-22-40-23-19-24-43-31(37)35-20-25-41-27-28-42-26-21-36-32(38)44-29-34(4,5)45-30-33(2,3)39-6;1-2-3-4-5-6-7-8-9-10-11-12-13-14-15/h7-30H2,1-6H3,(H,35,37)(H,36,38);15H,2-14H2,1H3. The van der Waals surface area contributed by atoms with Crippen molar-refractivity contribution in [1.29, 1.82) is 0 Å². The number of aliphatic hydroxyl groups excluding tert-OH is 1. The maximum absolute atomic E-state index is 11.9. The van der Waals surface area contributed by atoms with E-state index in [1.165, 1.54) is 141 Å². The molecule has 0 unspecified atom stereocenters. The molecule has 60 heavy (non-hydrogen) atoms. The van der Waals surface area contributed by atoms with E-state index < -0.39 is 23.4 Å². The summed E-state index contributed by atoms with van der Waals surface area (Å²) in [5, 5.41) is 13.9. The number of nitrogens with one attached hydrogen (secondary N) is 2. The molecule has 0 aliphatic rings. The van der Waals surface area contributed by atoms with Crippen LogP contribution in [-0.2, 0) is 33.2 Å². The number of amides is 2. The molecule has 360 valence electrons. The fourth-order valence-corrected chi connectivity index (χ4v) is 6.01. The molecule has 0 aromatic carbocycles. The van der Waals surface area contributed by atoms with E-state index in [-0.39, 0.29) is 6.61 Å². The molecule has 0 aliphatic carbocycles. The Morgan fingerprint density at radius 1 is 0.433 bits per heavy atom. The number of carbonyl (C=O) groups excluding carboxylic acids is 2. The van der Waals surface area contributed by atoms with Gasteiger partial charge in [0.1, 0.15) is 6.61 Å². The van der Waals surface area contributed by atoms with Crippen molar-refractivity contribution in [3.8, 4) is 0 Å². The fraction of sp³-hybridized carbons (Fsp3) is 0.958. The molecular formula is C48H98N2O10. The van der Waals surface area contributed by atoms with Crippen LogP contribution in [0.2, 0.25) is 0 Å². The van der Waals surface area contributed by atoms with E-state index in [0.717, 1.165) is 19.4 Å². The largest absolute Gasteiger partial charge is 0.449 e. The molecule has 12 nitrogen and oxygen atoms in total. The van der Waals surface area contributed by atoms with Crippen LogP contribution in [0.15, 0.2) is 0 Å². The second kappa shape index (κ2) is 46.8. The Morgan fingerprint density at radius 2 is 0.817 bits per heavy atom. The number of methoxy groups -OCH3 is 1. The first-order valence-electron chi connectivity index (χ1n) is 24.4. The van der Waals surface area contributed by atoms with Gasteiger partial charge < -0.3 is 48.9 Å². The summed E-state index contributed by atoms with van der Waals surface area (Å²) in [5.41, 5.74) is -1.04. The molecule has 0 atom stereocenters. The highest BCUT2D eigenvalue weighted by atomic mass is 16.6. The summed E-state index contributed by atoms with van der Waals surface area (Å²) in [6.07, 6.45) is 31.9. The molecule has 0 radical (unpaired) electrons. The number of aliphatic hydroxyl groups is 1. The third kappa shape index (κ3) is 50.7. The minimum Gasteiger partial charge on any atom is -0.449 e. The monoisotopic (exact) mass is 863 g/mol. The number of hydrogen-bond acceptors (Lipinski definition) is 10. The van der Waals surface area contributed by atoms with Crippen LogP contribution in [0.25, 0.3) is 0 Å². The summed E-state index contributed by atoms with van der Waals surface area (Å²) >= 11 is 0. The zero-order chi connectivity index (χ0) is 44.7. The normalized spacial score (nSPS) is 11.6. The van der Waals surface area contributed by atoms with Crippen LogP contribution in [0.5, 0.6) is 0 Å². The SMILES string of the molecule is CCCCCCCCCCCCCCO.CCCCCCCCCCCCCCOCCCOC(=O)NCCOCCOCCNC(=O)OCC(C)(C)OCC(C)(C)OC. The molecular weight excluding hydrogens is 765 g/mol. The predicted molar refractivity (Wildman–Crippen MR) is 246 cm³/mol. The minimum absolute atomic E-state index is 0.114. The lowest BCUT2D eigenvalue weighted by Crippen LogP contribution is -2.40. The van der Waals surface area contributed by atoms with E-state index in [4.69, 9.17) is 38.3 Å². The van der Waals surface area contributed by atoms with Crippen molar-refractivity contribution >= 4 is 12.2 Å². The number of unbranched alkanes of at least 4 members (excludes halogenated alkanes) is 22. The quantitative estimate of drug-likeness (QED) is 0.0507. The number of carbonyl (C=O) groups is 2. The number of rotatable bonds is 44. The first-order valence-corrected chi connectivity index (χ1v) is 24.4. The van der Waals surface area contributed by atoms with Gasteiger partial charge in [-0.2, -0.15) is 0 Å². The Kier molecular flexibility index (Phi) is 47.1. The lowest BCUT2D eigenvalue weighted by molar-refractivity contribution is -0.121. The topological polar surface area (TPSA) is 143 Å². The van der Waals surface area contributed by atoms with Crippen molar-refractivity contribution in [2.45, 2.75) is 213 Å². The molecule has 0 saturated heterocycles. The summed E-state index contributed by atoms with van der Waals surface area (Å²) in [5.74, 6) is 0. The van der Waals surface area contributed by atoms with Gasteiger partial charge >= 0.3 is 12.2 Å². The van der Waals surface area contributed by atoms with Gasteiger partial charge in [0.2, 0.25) is 0 Å². The summed E-state index contributed by atoms with van der Waals surface area (Å²) < 4.78 is 38.0. The van der Waals surface area contributed by atoms with Crippen molar-refractivity contribution in [1.82, 2.24) is 10.6 Å². The van der Waals surface area contributed by atoms with E-state index in [9.17, 15) is 9.59 Å². The van der Waals surface area contributed by atoms with E-state index in [1.54, 1.807) is 7.11 Å². The Labute approximate surface area is 369 Å². The van der Waals surface area contributed by atoms with Gasteiger partial charge in [-0.3, -0.25) is 0 Å². The highest BCUT2D eigenvalue weighted by molar-refractivity contribution is 5.67. The molecule has 0 bridgehead atoms. The molecule has 2 amide bonds. The Bertz CT molecular complexity index is 881. The highest BCUT2D eigenvalue weighted by Crippen LogP contribution is 2.16. The zero-order valence-corrected chi connectivity index (χ0v) is 40.3. The van der Waals surface area contributed by atoms with Gasteiger partial charge in [-0.15, -0.1) is 0 Å². The number of alkyl carbamates (subject to hydrolysis) is 2. The van der Waals surface area contributed by atoms with Gasteiger partial charge in [-0.05, 0) is 40.5 Å². The second-order valence-electron chi connectivity index (χ2n) is 17.3. The van der Waals surface area contributed by atoms with Gasteiger partial charge in [0.05, 0.1) is 50.8 Å². The Morgan fingerprint density at radius 3 is 1.25 bits per heavy atom. The van der Waals surface area contributed by atoms with Crippen LogP contribution in [0, 0.1) is 0 Å². The van der Waals surface area contributed by atoms with Gasteiger partial charge in [0.15, 0.2) is 0 Å². The van der Waals surface area contributed by atoms with Crippen molar-refractivity contribution in [2.75, 3.05) is 86.3 Å². The molecule has 0 aliphatic heterocycles. The zero-order valence-electron chi connectivity index (χ0n) is 40.3. The highest BCUT2D eigenvalue weighted by Gasteiger charge is 2.26. The first kappa shape index (κ1) is 60.4. The summed E-state index contributed by atoms with van der Waals surface area (Å²) in [6.45, 7) is 16.8. The smallest absolute Gasteiger partial charge is 0.407 e. The van der Waals surface area contributed by atoms with E-state index in [1.807, 2.05) is 27.7 Å². The maximum atomic E-state index is 11.9. The van der Waals surface area contributed by atoms with Gasteiger partial charge in [0.25, 0.3) is 0 Å². The van der Waals surface area contributed by atoms with Crippen molar-refractivity contribution < 1.29 is 47.9 Å². The number of hydrogen-bond donors (Lipinski definition) is 3. The average molecular weight is 863 g/mol. The molecule has 0 heterocycles. The van der Waals surface area contributed by atoms with Gasteiger partial charge in [-0.1, -0.05) is 155 Å². The van der Waals surface area contributed by atoms with E-state index >= 15 is 0 Å². The molecule has 0 aromatic rings. The van der Waals surface area contributed by atoms with Gasteiger partial charge in [0, 0.05) is 46.4 Å². The summed E-state index contributed by atoms with van der Waals surface area (Å²) in [6, 6.07) is 0. The van der Waals surface area contributed by atoms with Crippen LogP contribution in [0.1, 0.15) is 202 Å². The molecule has 0 fully saturated rings.